The molecule has 9 nitrogen and oxygen atoms in total. The number of nitrogens with one attached hydrogen (secondary N) is 1. The zero-order chi connectivity index (χ0) is 21.3. The average Bonchev–Trinajstić information content (AvgIpc) is 2.76. The van der Waals surface area contributed by atoms with Gasteiger partial charge in [0.25, 0.3) is 0 Å². The van der Waals surface area contributed by atoms with E-state index in [0.29, 0.717) is 31.0 Å². The molecule has 30 heavy (non-hydrogen) atoms. The summed E-state index contributed by atoms with van der Waals surface area (Å²) in [5.41, 5.74) is 3.93. The molecule has 0 atom stereocenters. The Labute approximate surface area is 174 Å². The molecule has 9 heteroatoms. The quantitative estimate of drug-likeness (QED) is 0.371. The lowest BCUT2D eigenvalue weighted by atomic mass is 10.1. The molecule has 158 valence electrons. The highest BCUT2D eigenvalue weighted by Crippen LogP contribution is 2.16. The number of esters is 1. The molecule has 0 spiro atoms. The molecule has 0 unspecified atom stereocenters. The molecular formula is C21H24N4O5. The third kappa shape index (κ3) is 5.77. The van der Waals surface area contributed by atoms with Crippen molar-refractivity contribution in [2.45, 2.75) is 6.92 Å². The fraction of sp³-hybridized carbons (Fsp3) is 0.333. The van der Waals surface area contributed by atoms with Crippen LogP contribution in [-0.4, -0.2) is 66.9 Å². The molecule has 3 rings (SSSR count). The summed E-state index contributed by atoms with van der Waals surface area (Å²) < 4.78 is 4.78. The molecule has 0 aliphatic carbocycles. The second-order valence-corrected chi connectivity index (χ2v) is 6.62. The molecule has 2 aromatic rings. The number of rotatable bonds is 9. The first-order valence-electron chi connectivity index (χ1n) is 9.68. The van der Waals surface area contributed by atoms with Crippen molar-refractivity contribution in [1.29, 1.82) is 0 Å². The zero-order valence-electron chi connectivity index (χ0n) is 16.7. The van der Waals surface area contributed by atoms with Crippen LogP contribution in [0.1, 0.15) is 17.3 Å². The van der Waals surface area contributed by atoms with Gasteiger partial charge in [0.15, 0.2) is 5.78 Å². The summed E-state index contributed by atoms with van der Waals surface area (Å²) in [4.78, 5) is 49.1. The fourth-order valence-corrected chi connectivity index (χ4v) is 3.01. The van der Waals surface area contributed by atoms with Crippen LogP contribution in [0.5, 0.6) is 5.75 Å². The highest BCUT2D eigenvalue weighted by atomic mass is 16.6. The number of ether oxygens (including phenoxy) is 1. The van der Waals surface area contributed by atoms with E-state index in [9.17, 15) is 14.4 Å². The Bertz CT molecular complexity index is 873. The first-order valence-corrected chi connectivity index (χ1v) is 9.68. The summed E-state index contributed by atoms with van der Waals surface area (Å²) >= 11 is 0. The molecule has 1 aliphatic heterocycles. The van der Waals surface area contributed by atoms with Gasteiger partial charge in [0.1, 0.15) is 12.3 Å². The minimum atomic E-state index is -0.419. The van der Waals surface area contributed by atoms with Gasteiger partial charge < -0.3 is 19.4 Å². The van der Waals surface area contributed by atoms with Crippen molar-refractivity contribution in [2.75, 3.05) is 44.2 Å². The Morgan fingerprint density at radius 2 is 1.83 bits per heavy atom. The van der Waals surface area contributed by atoms with Crippen molar-refractivity contribution in [3.63, 3.8) is 0 Å². The number of ketones is 1. The van der Waals surface area contributed by atoms with Gasteiger partial charge in [-0.05, 0) is 43.3 Å². The second kappa shape index (κ2) is 10.4. The lowest BCUT2D eigenvalue weighted by molar-refractivity contribution is -0.143. The van der Waals surface area contributed by atoms with Gasteiger partial charge in [-0.1, -0.05) is 0 Å². The number of aromatic nitrogens is 1. The van der Waals surface area contributed by atoms with Crippen molar-refractivity contribution in [3.05, 3.63) is 54.4 Å². The monoisotopic (exact) mass is 412 g/mol. The van der Waals surface area contributed by atoms with Crippen LogP contribution in [0.3, 0.4) is 0 Å². The summed E-state index contributed by atoms with van der Waals surface area (Å²) in [5.74, 6) is -0.197. The van der Waals surface area contributed by atoms with Gasteiger partial charge in [0.2, 0.25) is 5.91 Å². The van der Waals surface area contributed by atoms with Gasteiger partial charge in [0, 0.05) is 36.7 Å². The number of amides is 1. The number of hydrogen-bond donors (Lipinski definition) is 1. The first-order chi connectivity index (χ1) is 14.6. The number of hydrogen-bond acceptors (Lipinski definition) is 8. The van der Waals surface area contributed by atoms with Crippen LogP contribution in [0.25, 0.3) is 0 Å². The number of anilines is 1. The van der Waals surface area contributed by atoms with Crippen molar-refractivity contribution < 1.29 is 24.0 Å². The molecule has 1 aromatic heterocycles. The van der Waals surface area contributed by atoms with Crippen LogP contribution in [0.4, 0.5) is 5.69 Å². The Kier molecular flexibility index (Phi) is 7.34. The molecule has 1 aromatic carbocycles. The van der Waals surface area contributed by atoms with Gasteiger partial charge in [-0.3, -0.25) is 19.4 Å². The van der Waals surface area contributed by atoms with Gasteiger partial charge in [0.05, 0.1) is 19.7 Å². The third-order valence-corrected chi connectivity index (χ3v) is 4.57. The highest BCUT2D eigenvalue weighted by molar-refractivity contribution is 6.00. The molecule has 1 aliphatic rings. The second-order valence-electron chi connectivity index (χ2n) is 6.62. The minimum Gasteiger partial charge on any atom is -0.465 e. The summed E-state index contributed by atoms with van der Waals surface area (Å²) in [7, 11) is 0. The van der Waals surface area contributed by atoms with E-state index in [0.717, 1.165) is 5.69 Å². The molecule has 0 radical (unpaired) electrons. The molecule has 1 amide bonds. The lowest BCUT2D eigenvalue weighted by Gasteiger charge is -2.35. The van der Waals surface area contributed by atoms with Gasteiger partial charge >= 0.3 is 5.97 Å². The van der Waals surface area contributed by atoms with E-state index < -0.39 is 5.97 Å². The smallest absolute Gasteiger partial charge is 0.323 e. The van der Waals surface area contributed by atoms with E-state index in [-0.39, 0.29) is 31.3 Å². The maximum absolute atomic E-state index is 12.6. The largest absolute Gasteiger partial charge is 0.465 e. The Morgan fingerprint density at radius 3 is 2.50 bits per heavy atom. The van der Waals surface area contributed by atoms with E-state index in [1.165, 1.54) is 0 Å². The number of Topliss-reactive ketones (excluding diaryl/α,β-unsaturated/α-hetero) is 1. The predicted molar refractivity (Wildman–Crippen MR) is 109 cm³/mol. The van der Waals surface area contributed by atoms with E-state index in [1.54, 1.807) is 48.5 Å². The van der Waals surface area contributed by atoms with Crippen molar-refractivity contribution in [2.24, 2.45) is 0 Å². The number of carbonyl (C=O) groups is 3. The van der Waals surface area contributed by atoms with Gasteiger partial charge in [-0.15, -0.1) is 5.48 Å². The summed E-state index contributed by atoms with van der Waals surface area (Å²) in [6.45, 7) is 3.35. The zero-order valence-corrected chi connectivity index (χ0v) is 16.7. The lowest BCUT2D eigenvalue weighted by Crippen LogP contribution is -2.51. The van der Waals surface area contributed by atoms with Crippen molar-refractivity contribution in [1.82, 2.24) is 15.4 Å². The number of nitrogens with zero attached hydrogens (tertiary/aromatic N) is 3. The number of carbonyl (C=O) groups excluding carboxylic acids is 3. The van der Waals surface area contributed by atoms with Crippen LogP contribution >= 0.6 is 0 Å². The number of pyridine rings is 1. The maximum Gasteiger partial charge on any atom is 0.323 e. The van der Waals surface area contributed by atoms with Crippen LogP contribution in [-0.2, 0) is 14.3 Å². The van der Waals surface area contributed by atoms with Gasteiger partial charge in [-0.25, -0.2) is 0 Å². The van der Waals surface area contributed by atoms with E-state index in [2.05, 4.69) is 10.5 Å². The number of piperazine rings is 1. The van der Waals surface area contributed by atoms with Crippen LogP contribution in [0.2, 0.25) is 0 Å². The van der Waals surface area contributed by atoms with E-state index >= 15 is 0 Å². The highest BCUT2D eigenvalue weighted by Gasteiger charge is 2.26. The number of hydroxylamine groups is 1. The SMILES string of the molecule is CCOC(=O)CNOc1ccc(C(=O)CN2CCN(c3ccncc3)CC2=O)cc1. The Morgan fingerprint density at radius 1 is 1.10 bits per heavy atom. The molecule has 0 saturated carbocycles. The standard InChI is InChI=1S/C21H24N4O5/c1-2-29-21(28)13-23-30-18-5-3-16(4-6-18)19(26)14-25-12-11-24(15-20(25)27)17-7-9-22-10-8-17/h3-10,23H,2,11-15H2,1H3. The normalized spacial score (nSPS) is 13.8. The summed E-state index contributed by atoms with van der Waals surface area (Å²) in [6.07, 6.45) is 3.38. The average molecular weight is 412 g/mol. The van der Waals surface area contributed by atoms with Crippen LogP contribution in [0, 0.1) is 0 Å². The molecular weight excluding hydrogens is 388 g/mol. The molecule has 0 bridgehead atoms. The maximum atomic E-state index is 12.6. The summed E-state index contributed by atoms with van der Waals surface area (Å²) in [5, 5.41) is 0. The molecule has 2 heterocycles. The first kappa shape index (κ1) is 21.3. The summed E-state index contributed by atoms with van der Waals surface area (Å²) in [6, 6.07) is 10.2. The Balaban J connectivity index is 1.48. The van der Waals surface area contributed by atoms with E-state index in [1.807, 2.05) is 17.0 Å². The fourth-order valence-electron chi connectivity index (χ4n) is 3.01. The third-order valence-electron chi connectivity index (χ3n) is 4.57. The number of benzene rings is 1. The van der Waals surface area contributed by atoms with Crippen molar-refractivity contribution in [3.8, 4) is 5.75 Å². The van der Waals surface area contributed by atoms with Crippen LogP contribution < -0.4 is 15.2 Å². The van der Waals surface area contributed by atoms with Crippen LogP contribution in [0.15, 0.2) is 48.8 Å². The predicted octanol–water partition coefficient (Wildman–Crippen LogP) is 1.06. The molecule has 1 fully saturated rings. The molecule has 1 N–H and O–H groups in total. The van der Waals surface area contributed by atoms with E-state index in [4.69, 9.17) is 9.57 Å². The Hall–Kier alpha value is -3.46. The minimum absolute atomic E-state index is 0.0321. The topological polar surface area (TPSA) is 101 Å². The molecule has 1 saturated heterocycles. The van der Waals surface area contributed by atoms with Gasteiger partial charge in [-0.2, -0.15) is 0 Å². The van der Waals surface area contributed by atoms with Crippen molar-refractivity contribution >= 4 is 23.3 Å².